The van der Waals surface area contributed by atoms with Crippen LogP contribution in [0.5, 0.6) is 0 Å². The number of hydrogen-bond acceptors (Lipinski definition) is 3. The summed E-state index contributed by atoms with van der Waals surface area (Å²) in [6, 6.07) is 0. The average Bonchev–Trinajstić information content (AvgIpc) is 2.28. The van der Waals surface area contributed by atoms with E-state index in [1.807, 2.05) is 0 Å². The molecule has 0 amide bonds. The van der Waals surface area contributed by atoms with Crippen LogP contribution in [0, 0.1) is 0 Å². The Morgan fingerprint density at radius 3 is 2.12 bits per heavy atom. The predicted octanol–water partition coefficient (Wildman–Crippen LogP) is 2.39. The maximum Gasteiger partial charge on any atom is 0.427 e. The van der Waals surface area contributed by atoms with Gasteiger partial charge in [0.25, 0.3) is 0 Å². The second kappa shape index (κ2) is 5.37. The summed E-state index contributed by atoms with van der Waals surface area (Å²) in [7, 11) is 0.789. The second-order valence-corrected chi connectivity index (χ2v) is 3.70. The van der Waals surface area contributed by atoms with Crippen molar-refractivity contribution < 1.29 is 27.1 Å². The zero-order valence-electron chi connectivity index (χ0n) is 9.31. The number of esters is 1. The number of nitrogens with zero attached hydrogens (tertiary/aromatic N) is 1. The lowest BCUT2D eigenvalue weighted by molar-refractivity contribution is -0.149. The van der Waals surface area contributed by atoms with Crippen LogP contribution in [0.4, 0.5) is 17.6 Å². The summed E-state index contributed by atoms with van der Waals surface area (Å²) in [5.74, 6) is -3.23. The van der Waals surface area contributed by atoms with Crippen LogP contribution in [0.2, 0.25) is 0 Å². The van der Waals surface area contributed by atoms with Gasteiger partial charge in [0.15, 0.2) is 5.57 Å². The third kappa shape index (κ3) is 3.34. The minimum absolute atomic E-state index is 0.183. The van der Waals surface area contributed by atoms with Gasteiger partial charge in [0.1, 0.15) is 0 Å². The van der Waals surface area contributed by atoms with E-state index in [2.05, 4.69) is 4.74 Å². The van der Waals surface area contributed by atoms with Crippen molar-refractivity contribution in [3.05, 3.63) is 11.5 Å². The predicted molar refractivity (Wildman–Crippen MR) is 51.6 cm³/mol. The van der Waals surface area contributed by atoms with E-state index in [9.17, 15) is 22.4 Å². The first-order valence-electron chi connectivity index (χ1n) is 5.18. The van der Waals surface area contributed by atoms with E-state index in [4.69, 9.17) is 0 Å². The monoisotopic (exact) mass is 255 g/mol. The molecule has 3 nitrogen and oxygen atoms in total. The molecule has 17 heavy (non-hydrogen) atoms. The summed E-state index contributed by atoms with van der Waals surface area (Å²) in [4.78, 5) is 11.9. The number of hydrogen-bond donors (Lipinski definition) is 0. The number of ether oxygens (including phenoxy) is 1. The average molecular weight is 255 g/mol. The molecule has 0 aromatic carbocycles. The van der Waals surface area contributed by atoms with Crippen molar-refractivity contribution >= 4 is 5.97 Å². The number of rotatable bonds is 2. The van der Waals surface area contributed by atoms with Gasteiger partial charge in [-0.25, -0.2) is 4.79 Å². The Labute approximate surface area is 96.0 Å². The molecule has 1 heterocycles. The zero-order valence-corrected chi connectivity index (χ0v) is 9.31. The van der Waals surface area contributed by atoms with E-state index in [0.29, 0.717) is 12.8 Å². The highest BCUT2D eigenvalue weighted by atomic mass is 19.4. The van der Waals surface area contributed by atoms with Crippen LogP contribution in [0.3, 0.4) is 0 Å². The van der Waals surface area contributed by atoms with Crippen LogP contribution in [-0.2, 0) is 9.53 Å². The molecule has 98 valence electrons. The highest BCUT2D eigenvalue weighted by molar-refractivity contribution is 5.90. The van der Waals surface area contributed by atoms with Gasteiger partial charge in [0.2, 0.25) is 5.95 Å². The second-order valence-electron chi connectivity index (χ2n) is 3.70. The van der Waals surface area contributed by atoms with Crippen LogP contribution in [0.15, 0.2) is 11.5 Å². The fourth-order valence-corrected chi connectivity index (χ4v) is 1.67. The molecule has 0 bridgehead atoms. The molecule has 0 aromatic rings. The lowest BCUT2D eigenvalue weighted by atomic mass is 10.1. The number of methoxy groups -OCH3 is 1. The first kappa shape index (κ1) is 13.8. The lowest BCUT2D eigenvalue weighted by Crippen LogP contribution is -2.33. The number of likely N-dealkylation sites (tertiary alicyclic amines) is 1. The van der Waals surface area contributed by atoms with Crippen molar-refractivity contribution in [3.63, 3.8) is 0 Å². The van der Waals surface area contributed by atoms with Gasteiger partial charge in [-0.05, 0) is 19.3 Å². The molecule has 0 atom stereocenters. The molecule has 0 saturated carbocycles. The van der Waals surface area contributed by atoms with Gasteiger partial charge in [-0.2, -0.15) is 17.6 Å². The summed E-state index contributed by atoms with van der Waals surface area (Å²) in [6.45, 7) is 0.366. The van der Waals surface area contributed by atoms with Crippen molar-refractivity contribution in [1.82, 2.24) is 4.90 Å². The maximum absolute atomic E-state index is 13.7. The highest BCUT2D eigenvalue weighted by Crippen LogP contribution is 2.32. The van der Waals surface area contributed by atoms with Crippen molar-refractivity contribution in [2.24, 2.45) is 0 Å². The Kier molecular flexibility index (Phi) is 4.36. The minimum Gasteiger partial charge on any atom is -0.465 e. The van der Waals surface area contributed by atoms with Gasteiger partial charge in [-0.3, -0.25) is 0 Å². The zero-order chi connectivity index (χ0) is 13.1. The molecule has 1 saturated heterocycles. The van der Waals surface area contributed by atoms with Gasteiger partial charge < -0.3 is 9.64 Å². The Hall–Kier alpha value is -1.27. The van der Waals surface area contributed by atoms with Crippen molar-refractivity contribution in [2.45, 2.75) is 25.4 Å². The third-order valence-electron chi connectivity index (χ3n) is 2.51. The highest BCUT2D eigenvalue weighted by Gasteiger charge is 2.44. The standard InChI is InChI=1S/C10H13F4NO2/c1-17-9(16)7(10(12,13)14)8(11)15-5-3-2-4-6-15/h2-6H2,1H3. The van der Waals surface area contributed by atoms with Crippen LogP contribution in [-0.4, -0.2) is 37.2 Å². The van der Waals surface area contributed by atoms with Gasteiger partial charge >= 0.3 is 12.1 Å². The molecular weight excluding hydrogens is 242 g/mol. The van der Waals surface area contributed by atoms with Crippen LogP contribution in [0.1, 0.15) is 19.3 Å². The SMILES string of the molecule is COC(=O)C(=C(F)N1CCCCC1)C(F)(F)F. The largest absolute Gasteiger partial charge is 0.465 e. The molecule has 1 rings (SSSR count). The summed E-state index contributed by atoms with van der Waals surface area (Å²) in [5.41, 5.74) is -1.86. The van der Waals surface area contributed by atoms with Crippen molar-refractivity contribution in [2.75, 3.05) is 20.2 Å². The van der Waals surface area contributed by atoms with Gasteiger partial charge in [0, 0.05) is 13.1 Å². The molecule has 7 heteroatoms. The van der Waals surface area contributed by atoms with Gasteiger partial charge in [0.05, 0.1) is 7.11 Å². The smallest absolute Gasteiger partial charge is 0.427 e. The maximum atomic E-state index is 13.7. The van der Waals surface area contributed by atoms with E-state index >= 15 is 0 Å². The van der Waals surface area contributed by atoms with Gasteiger partial charge in [-0.1, -0.05) is 0 Å². The molecule has 0 spiro atoms. The van der Waals surface area contributed by atoms with E-state index in [1.165, 1.54) is 0 Å². The molecule has 1 aliphatic rings. The summed E-state index contributed by atoms with van der Waals surface area (Å²) in [6.07, 6.45) is -2.97. The first-order chi connectivity index (χ1) is 7.88. The molecule has 0 aromatic heterocycles. The van der Waals surface area contributed by atoms with Crippen LogP contribution < -0.4 is 0 Å². The van der Waals surface area contributed by atoms with Crippen molar-refractivity contribution in [3.8, 4) is 0 Å². The van der Waals surface area contributed by atoms with Crippen molar-refractivity contribution in [1.29, 1.82) is 0 Å². The molecule has 0 N–H and O–H groups in total. The molecule has 0 aliphatic carbocycles. The van der Waals surface area contributed by atoms with Crippen LogP contribution >= 0.6 is 0 Å². The van der Waals surface area contributed by atoms with E-state index < -0.39 is 23.7 Å². The molecule has 1 fully saturated rings. The summed E-state index contributed by atoms with van der Waals surface area (Å²) < 4.78 is 55.3. The fraction of sp³-hybridized carbons (Fsp3) is 0.700. The number of piperidine rings is 1. The lowest BCUT2D eigenvalue weighted by Gasteiger charge is -2.28. The third-order valence-corrected chi connectivity index (χ3v) is 2.51. The van der Waals surface area contributed by atoms with E-state index in [-0.39, 0.29) is 13.1 Å². The molecular formula is C10H13F4NO2. The quantitative estimate of drug-likeness (QED) is 0.328. The molecule has 1 aliphatic heterocycles. The van der Waals surface area contributed by atoms with E-state index in [1.54, 1.807) is 0 Å². The van der Waals surface area contributed by atoms with E-state index in [0.717, 1.165) is 18.4 Å². The first-order valence-corrected chi connectivity index (χ1v) is 5.18. The minimum atomic E-state index is -5.05. The Bertz CT molecular complexity index is 319. The Morgan fingerprint density at radius 1 is 1.18 bits per heavy atom. The normalized spacial score (nSPS) is 18.8. The van der Waals surface area contributed by atoms with Crippen LogP contribution in [0.25, 0.3) is 0 Å². The molecule has 0 unspecified atom stereocenters. The number of halogens is 4. The Balaban J connectivity index is 3.04. The summed E-state index contributed by atoms with van der Waals surface area (Å²) >= 11 is 0. The Morgan fingerprint density at radius 2 is 1.71 bits per heavy atom. The van der Waals surface area contributed by atoms with Gasteiger partial charge in [-0.15, -0.1) is 0 Å². The summed E-state index contributed by atoms with van der Waals surface area (Å²) in [5, 5.41) is 0. The number of carbonyl (C=O) groups is 1. The molecule has 0 radical (unpaired) electrons. The number of alkyl halides is 3. The number of carbonyl (C=O) groups excluding carboxylic acids is 1. The topological polar surface area (TPSA) is 29.5 Å². The fourth-order valence-electron chi connectivity index (χ4n) is 1.67.